The topological polar surface area (TPSA) is 81.2 Å². The molecule has 0 aliphatic carbocycles. The number of hydrogen-bond donors (Lipinski definition) is 1. The number of carbonyl (C=O) groups excluding carboxylic acids is 1. The molecule has 0 radical (unpaired) electrons. The predicted octanol–water partition coefficient (Wildman–Crippen LogP) is 3.29. The van der Waals surface area contributed by atoms with E-state index in [2.05, 4.69) is 21.9 Å². The SMILES string of the molecule is CSc1cnc(C(=O)Cc2cccc([C@]3(C)CCSC(N)=N3)c2)cn1. The second-order valence-electron chi connectivity index (χ2n) is 6.07. The fraction of sp³-hybridized carbons (Fsp3) is 0.333. The van der Waals surface area contributed by atoms with Crippen LogP contribution in [0.15, 0.2) is 46.7 Å². The molecule has 2 N–H and O–H groups in total. The van der Waals surface area contributed by atoms with E-state index in [0.717, 1.165) is 28.3 Å². The molecule has 0 amide bonds. The van der Waals surface area contributed by atoms with Gasteiger partial charge in [0.1, 0.15) is 10.7 Å². The minimum atomic E-state index is -0.325. The highest BCUT2D eigenvalue weighted by atomic mass is 32.2. The summed E-state index contributed by atoms with van der Waals surface area (Å²) in [4.78, 5) is 25.5. The molecule has 25 heavy (non-hydrogen) atoms. The summed E-state index contributed by atoms with van der Waals surface area (Å²) < 4.78 is 0. The molecule has 1 aromatic heterocycles. The standard InChI is InChI=1S/C18H20N4OS2/c1-18(6-7-25-17(19)22-18)13-5-3-4-12(8-13)9-15(23)14-10-21-16(24-2)11-20-14/h3-5,8,10-11H,6-7,9H2,1-2H3,(H2,19,22)/t18-/m0/s1. The van der Waals surface area contributed by atoms with Crippen molar-refractivity contribution >= 4 is 34.5 Å². The van der Waals surface area contributed by atoms with E-state index in [9.17, 15) is 4.79 Å². The highest BCUT2D eigenvalue weighted by Gasteiger charge is 2.29. The Balaban J connectivity index is 1.79. The Hall–Kier alpha value is -1.86. The van der Waals surface area contributed by atoms with Crippen molar-refractivity contribution in [2.75, 3.05) is 12.0 Å². The van der Waals surface area contributed by atoms with Crippen molar-refractivity contribution in [3.8, 4) is 0 Å². The first-order valence-corrected chi connectivity index (χ1v) is 10.2. The monoisotopic (exact) mass is 372 g/mol. The van der Waals surface area contributed by atoms with Gasteiger partial charge in [-0.05, 0) is 30.7 Å². The quantitative estimate of drug-likeness (QED) is 0.641. The van der Waals surface area contributed by atoms with Crippen molar-refractivity contribution in [3.05, 3.63) is 53.5 Å². The Morgan fingerprint density at radius 3 is 2.88 bits per heavy atom. The maximum atomic E-state index is 12.5. The maximum Gasteiger partial charge on any atom is 0.187 e. The van der Waals surface area contributed by atoms with E-state index in [1.165, 1.54) is 11.8 Å². The van der Waals surface area contributed by atoms with Gasteiger partial charge < -0.3 is 5.73 Å². The molecule has 0 fully saturated rings. The molecule has 1 atom stereocenters. The van der Waals surface area contributed by atoms with E-state index in [1.807, 2.05) is 30.5 Å². The van der Waals surface area contributed by atoms with Crippen molar-refractivity contribution in [1.29, 1.82) is 0 Å². The molecule has 0 spiro atoms. The van der Waals surface area contributed by atoms with Gasteiger partial charge in [0.25, 0.3) is 0 Å². The normalized spacial score (nSPS) is 20.2. The van der Waals surface area contributed by atoms with Gasteiger partial charge in [0.05, 0.1) is 17.9 Å². The first-order valence-electron chi connectivity index (χ1n) is 7.97. The van der Waals surface area contributed by atoms with Crippen LogP contribution < -0.4 is 5.73 Å². The highest BCUT2D eigenvalue weighted by molar-refractivity contribution is 8.13. The lowest BCUT2D eigenvalue weighted by Gasteiger charge is -2.30. The third-order valence-electron chi connectivity index (χ3n) is 4.23. The van der Waals surface area contributed by atoms with Gasteiger partial charge in [-0.25, -0.2) is 9.97 Å². The van der Waals surface area contributed by atoms with Crippen molar-refractivity contribution in [2.45, 2.75) is 30.3 Å². The summed E-state index contributed by atoms with van der Waals surface area (Å²) in [5.41, 5.74) is 8.02. The number of amidine groups is 1. The lowest BCUT2D eigenvalue weighted by molar-refractivity contribution is 0.0987. The van der Waals surface area contributed by atoms with Crippen LogP contribution in [0.4, 0.5) is 0 Å². The maximum absolute atomic E-state index is 12.5. The smallest absolute Gasteiger partial charge is 0.187 e. The Morgan fingerprint density at radius 1 is 1.36 bits per heavy atom. The van der Waals surface area contributed by atoms with Crippen LogP contribution in [0.1, 0.15) is 35.0 Å². The van der Waals surface area contributed by atoms with Crippen LogP contribution in [0.3, 0.4) is 0 Å². The summed E-state index contributed by atoms with van der Waals surface area (Å²) in [5.74, 6) is 0.913. The molecule has 1 aliphatic heterocycles. The Bertz CT molecular complexity index is 807. The molecule has 2 aromatic rings. The predicted molar refractivity (Wildman–Crippen MR) is 104 cm³/mol. The van der Waals surface area contributed by atoms with Crippen molar-refractivity contribution < 1.29 is 4.79 Å². The van der Waals surface area contributed by atoms with Gasteiger partial charge in [-0.2, -0.15) is 0 Å². The van der Waals surface area contributed by atoms with E-state index in [-0.39, 0.29) is 11.3 Å². The Kier molecular flexibility index (Phi) is 5.44. The minimum absolute atomic E-state index is 0.0373. The number of nitrogens with zero attached hydrogens (tertiary/aromatic N) is 3. The van der Waals surface area contributed by atoms with Crippen molar-refractivity contribution in [3.63, 3.8) is 0 Å². The largest absolute Gasteiger partial charge is 0.379 e. The van der Waals surface area contributed by atoms with Crippen LogP contribution in [0.25, 0.3) is 0 Å². The van der Waals surface area contributed by atoms with E-state index in [0.29, 0.717) is 17.3 Å². The first-order chi connectivity index (χ1) is 12.0. The number of rotatable bonds is 5. The number of hydrogen-bond acceptors (Lipinski definition) is 7. The summed E-state index contributed by atoms with van der Waals surface area (Å²) in [6, 6.07) is 8.03. The molecular formula is C18H20N4OS2. The zero-order valence-corrected chi connectivity index (χ0v) is 15.9. The molecule has 1 aromatic carbocycles. The van der Waals surface area contributed by atoms with Crippen molar-refractivity contribution in [1.82, 2.24) is 9.97 Å². The van der Waals surface area contributed by atoms with Crippen LogP contribution in [0.5, 0.6) is 0 Å². The average Bonchev–Trinajstić information content (AvgIpc) is 2.62. The lowest BCUT2D eigenvalue weighted by Crippen LogP contribution is -2.28. The van der Waals surface area contributed by atoms with Crippen molar-refractivity contribution in [2.24, 2.45) is 10.7 Å². The molecule has 0 unspecified atom stereocenters. The van der Waals surface area contributed by atoms with Gasteiger partial charge in [0, 0.05) is 12.2 Å². The summed E-state index contributed by atoms with van der Waals surface area (Å²) in [6.45, 7) is 2.09. The van der Waals surface area contributed by atoms with E-state index < -0.39 is 0 Å². The number of aromatic nitrogens is 2. The molecule has 0 bridgehead atoms. The molecule has 0 saturated carbocycles. The Morgan fingerprint density at radius 2 is 2.20 bits per heavy atom. The third-order valence-corrected chi connectivity index (χ3v) is 5.66. The fourth-order valence-corrected chi connectivity index (χ4v) is 4.04. The number of ketones is 1. The van der Waals surface area contributed by atoms with Crippen LogP contribution >= 0.6 is 23.5 Å². The molecular weight excluding hydrogens is 352 g/mol. The van der Waals surface area contributed by atoms with Gasteiger partial charge >= 0.3 is 0 Å². The number of aliphatic imine (C=N–C) groups is 1. The van der Waals surface area contributed by atoms with Gasteiger partial charge in [0.2, 0.25) is 0 Å². The number of Topliss-reactive ketones (excluding diaryl/α,β-unsaturated/α-hetero) is 1. The molecule has 1 aliphatic rings. The number of thioether (sulfide) groups is 2. The van der Waals surface area contributed by atoms with Gasteiger partial charge in [-0.1, -0.05) is 36.0 Å². The van der Waals surface area contributed by atoms with E-state index in [1.54, 1.807) is 24.2 Å². The highest BCUT2D eigenvalue weighted by Crippen LogP contribution is 2.35. The number of nitrogens with two attached hydrogens (primary N) is 1. The van der Waals surface area contributed by atoms with Crippen LogP contribution in [-0.4, -0.2) is 32.9 Å². The zero-order chi connectivity index (χ0) is 17.9. The van der Waals surface area contributed by atoms with Crippen LogP contribution in [-0.2, 0) is 12.0 Å². The van der Waals surface area contributed by atoms with Gasteiger partial charge in [-0.15, -0.1) is 11.8 Å². The summed E-state index contributed by atoms with van der Waals surface area (Å²) in [7, 11) is 0. The Labute approximate surface area is 155 Å². The average molecular weight is 373 g/mol. The lowest BCUT2D eigenvalue weighted by atomic mass is 9.88. The van der Waals surface area contributed by atoms with Gasteiger partial charge in [0.15, 0.2) is 11.0 Å². The summed E-state index contributed by atoms with van der Waals surface area (Å²) in [6.07, 6.45) is 6.33. The summed E-state index contributed by atoms with van der Waals surface area (Å²) >= 11 is 3.09. The molecule has 7 heteroatoms. The molecule has 0 saturated heterocycles. The number of carbonyl (C=O) groups is 1. The third kappa shape index (κ3) is 4.22. The zero-order valence-electron chi connectivity index (χ0n) is 14.2. The van der Waals surface area contributed by atoms with Crippen LogP contribution in [0, 0.1) is 0 Å². The minimum Gasteiger partial charge on any atom is -0.379 e. The molecule has 2 heterocycles. The van der Waals surface area contributed by atoms with E-state index >= 15 is 0 Å². The van der Waals surface area contributed by atoms with Gasteiger partial charge in [-0.3, -0.25) is 9.79 Å². The fourth-order valence-electron chi connectivity index (χ4n) is 2.75. The first kappa shape index (κ1) is 17.9. The molecule has 5 nitrogen and oxygen atoms in total. The second kappa shape index (κ2) is 7.58. The molecule has 130 valence electrons. The second-order valence-corrected chi connectivity index (χ2v) is 8.01. The summed E-state index contributed by atoms with van der Waals surface area (Å²) in [5, 5.41) is 1.43. The van der Waals surface area contributed by atoms with Crippen LogP contribution in [0.2, 0.25) is 0 Å². The number of benzene rings is 1. The van der Waals surface area contributed by atoms with E-state index in [4.69, 9.17) is 5.73 Å². The molecule has 3 rings (SSSR count).